The van der Waals surface area contributed by atoms with Gasteiger partial charge in [0.1, 0.15) is 0 Å². The lowest BCUT2D eigenvalue weighted by Gasteiger charge is -2.57. The van der Waals surface area contributed by atoms with Crippen LogP contribution >= 0.6 is 0 Å². The minimum absolute atomic E-state index is 0.0134. The van der Waals surface area contributed by atoms with Crippen molar-refractivity contribution in [2.45, 2.75) is 49.8 Å². The van der Waals surface area contributed by atoms with Gasteiger partial charge in [-0.05, 0) is 80.0 Å². The quantitative estimate of drug-likeness (QED) is 0.630. The highest BCUT2D eigenvalue weighted by Gasteiger charge is 2.55. The van der Waals surface area contributed by atoms with Crippen molar-refractivity contribution in [1.29, 1.82) is 0 Å². The average Bonchev–Trinajstić information content (AvgIpc) is 2.71. The molecule has 4 nitrogen and oxygen atoms in total. The van der Waals surface area contributed by atoms with E-state index in [-0.39, 0.29) is 5.92 Å². The number of anilines is 1. The van der Waals surface area contributed by atoms with Crippen LogP contribution in [0.2, 0.25) is 0 Å². The molecule has 0 bridgehead atoms. The van der Waals surface area contributed by atoms with E-state index < -0.39 is 21.2 Å². The van der Waals surface area contributed by atoms with Crippen LogP contribution in [-0.4, -0.2) is 52.6 Å². The van der Waals surface area contributed by atoms with Gasteiger partial charge in [0.2, 0.25) is 0 Å². The highest BCUT2D eigenvalue weighted by molar-refractivity contribution is 7.80. The van der Waals surface area contributed by atoms with Crippen LogP contribution in [0.5, 0.6) is 0 Å². The summed E-state index contributed by atoms with van der Waals surface area (Å²) in [5, 5.41) is 0. The van der Waals surface area contributed by atoms with Gasteiger partial charge in [0.05, 0.1) is 0 Å². The topological polar surface area (TPSA) is 46.6 Å². The van der Waals surface area contributed by atoms with E-state index in [2.05, 4.69) is 79.3 Å². The maximum atomic E-state index is 12.7. The van der Waals surface area contributed by atoms with Gasteiger partial charge in [-0.1, -0.05) is 49.4 Å². The van der Waals surface area contributed by atoms with Crippen LogP contribution in [0.4, 0.5) is 5.69 Å². The summed E-state index contributed by atoms with van der Waals surface area (Å²) in [6.45, 7) is 4.14. The molecule has 0 aliphatic heterocycles. The Morgan fingerprint density at radius 2 is 1.53 bits per heavy atom. The van der Waals surface area contributed by atoms with E-state index in [0.717, 1.165) is 18.5 Å². The third-order valence-electron chi connectivity index (χ3n) is 7.43. The fourth-order valence-electron chi connectivity index (χ4n) is 5.21. The third kappa shape index (κ3) is 4.08. The lowest BCUT2D eigenvalue weighted by molar-refractivity contribution is 0.0645. The Labute approximate surface area is 184 Å². The largest absolute Gasteiger partial charge is 0.772 e. The first kappa shape index (κ1) is 23.0. The van der Waals surface area contributed by atoms with Gasteiger partial charge in [0.25, 0.3) is 0 Å². The van der Waals surface area contributed by atoms with Crippen molar-refractivity contribution in [1.82, 2.24) is 4.90 Å². The standard InChI is InChI=1S/C25H36N2O2S/c1-24(18-22(27(5)6)16-17-25(24,2)30(28)29)23(19-10-8-7-9-11-19)20-12-14-21(15-13-20)26(3)4/h7-15,22-23H,16-18H2,1-6H3,(H,28,29)/p-1. The van der Waals surface area contributed by atoms with Gasteiger partial charge in [-0.15, -0.1) is 0 Å². The van der Waals surface area contributed by atoms with Crippen LogP contribution in [0.1, 0.15) is 50.2 Å². The molecular formula is C25H35N2O2S-. The van der Waals surface area contributed by atoms with Gasteiger partial charge in [-0.3, -0.25) is 4.21 Å². The summed E-state index contributed by atoms with van der Waals surface area (Å²) in [5.41, 5.74) is 3.04. The van der Waals surface area contributed by atoms with E-state index in [1.807, 2.05) is 27.1 Å². The van der Waals surface area contributed by atoms with Crippen LogP contribution in [0.3, 0.4) is 0 Å². The van der Waals surface area contributed by atoms with Crippen LogP contribution in [0, 0.1) is 5.41 Å². The summed E-state index contributed by atoms with van der Waals surface area (Å²) in [7, 11) is 8.27. The molecule has 0 radical (unpaired) electrons. The molecule has 0 spiro atoms. The zero-order chi connectivity index (χ0) is 22.1. The molecule has 2 aromatic carbocycles. The lowest BCUT2D eigenvalue weighted by Crippen LogP contribution is -2.57. The molecule has 1 aliphatic rings. The summed E-state index contributed by atoms with van der Waals surface area (Å²) in [5.74, 6) is -0.0134. The molecule has 5 atom stereocenters. The van der Waals surface area contributed by atoms with E-state index >= 15 is 0 Å². The summed E-state index contributed by atoms with van der Waals surface area (Å²) < 4.78 is 24.5. The maximum Gasteiger partial charge on any atom is 0.0363 e. The average molecular weight is 428 g/mol. The van der Waals surface area contributed by atoms with Gasteiger partial charge in [0.15, 0.2) is 0 Å². The van der Waals surface area contributed by atoms with Gasteiger partial charge in [-0.2, -0.15) is 0 Å². The van der Waals surface area contributed by atoms with Crippen LogP contribution in [0.25, 0.3) is 0 Å². The number of hydrogen-bond donors (Lipinski definition) is 0. The molecule has 0 saturated heterocycles. The first-order chi connectivity index (χ1) is 14.1. The normalized spacial score (nSPS) is 28.9. The molecule has 2 aromatic rings. The monoisotopic (exact) mass is 427 g/mol. The molecule has 0 amide bonds. The number of rotatable bonds is 6. The molecule has 164 valence electrons. The fourth-order valence-corrected chi connectivity index (χ4v) is 6.08. The maximum absolute atomic E-state index is 12.7. The Morgan fingerprint density at radius 1 is 0.967 bits per heavy atom. The third-order valence-corrected chi connectivity index (χ3v) is 8.84. The van der Waals surface area contributed by atoms with Crippen LogP contribution in [0.15, 0.2) is 54.6 Å². The van der Waals surface area contributed by atoms with Gasteiger partial charge < -0.3 is 14.4 Å². The molecule has 1 aliphatic carbocycles. The lowest BCUT2D eigenvalue weighted by atomic mass is 9.56. The van der Waals surface area contributed by atoms with Crippen molar-refractivity contribution in [2.75, 3.05) is 33.1 Å². The van der Waals surface area contributed by atoms with Crippen molar-refractivity contribution in [3.63, 3.8) is 0 Å². The molecule has 1 fully saturated rings. The van der Waals surface area contributed by atoms with E-state index in [1.54, 1.807) is 0 Å². The molecule has 5 heteroatoms. The van der Waals surface area contributed by atoms with E-state index in [4.69, 9.17) is 0 Å². The molecular weight excluding hydrogens is 392 g/mol. The SMILES string of the molecule is CN(C)c1ccc(C(c2ccccc2)C2(C)CC(N(C)C)CCC2(C)S(=O)[O-])cc1. The van der Waals surface area contributed by atoms with Crippen molar-refractivity contribution < 1.29 is 8.76 Å². The fraction of sp³-hybridized carbons (Fsp3) is 0.520. The molecule has 0 heterocycles. The Bertz CT molecular complexity index is 868. The summed E-state index contributed by atoms with van der Waals surface area (Å²) >= 11 is -2.17. The number of hydrogen-bond acceptors (Lipinski definition) is 4. The Balaban J connectivity index is 2.20. The highest BCUT2D eigenvalue weighted by atomic mass is 32.2. The zero-order valence-electron chi connectivity index (χ0n) is 19.1. The van der Waals surface area contributed by atoms with Crippen molar-refractivity contribution in [3.05, 3.63) is 65.7 Å². The zero-order valence-corrected chi connectivity index (χ0v) is 19.9. The second kappa shape index (κ2) is 8.81. The van der Waals surface area contributed by atoms with E-state index in [9.17, 15) is 8.76 Å². The Kier molecular flexibility index (Phi) is 6.75. The second-order valence-electron chi connectivity index (χ2n) is 9.57. The summed E-state index contributed by atoms with van der Waals surface area (Å²) in [6.07, 6.45) is 2.40. The van der Waals surface area contributed by atoms with Crippen LogP contribution in [-0.2, 0) is 11.1 Å². The molecule has 5 unspecified atom stereocenters. The van der Waals surface area contributed by atoms with E-state index in [1.165, 1.54) is 11.1 Å². The smallest absolute Gasteiger partial charge is 0.0363 e. The summed E-state index contributed by atoms with van der Waals surface area (Å²) in [4.78, 5) is 4.34. The molecule has 0 aromatic heterocycles. The molecule has 1 saturated carbocycles. The Hall–Kier alpha value is -1.69. The predicted octanol–water partition coefficient (Wildman–Crippen LogP) is 4.64. The van der Waals surface area contributed by atoms with Gasteiger partial charge in [-0.25, -0.2) is 0 Å². The van der Waals surface area contributed by atoms with Crippen LogP contribution < -0.4 is 4.90 Å². The van der Waals surface area contributed by atoms with Crippen molar-refractivity contribution in [3.8, 4) is 0 Å². The van der Waals surface area contributed by atoms with Gasteiger partial charge >= 0.3 is 0 Å². The predicted molar refractivity (Wildman–Crippen MR) is 126 cm³/mol. The van der Waals surface area contributed by atoms with Crippen molar-refractivity contribution >= 4 is 16.8 Å². The number of nitrogens with zero attached hydrogens (tertiary/aromatic N) is 2. The van der Waals surface area contributed by atoms with E-state index in [0.29, 0.717) is 12.5 Å². The van der Waals surface area contributed by atoms with Gasteiger partial charge in [0, 0.05) is 36.5 Å². The first-order valence-electron chi connectivity index (χ1n) is 10.7. The molecule has 3 rings (SSSR count). The van der Waals surface area contributed by atoms with Crippen molar-refractivity contribution in [2.24, 2.45) is 5.41 Å². The molecule has 0 N–H and O–H groups in total. The molecule has 30 heavy (non-hydrogen) atoms. The minimum atomic E-state index is -2.17. The Morgan fingerprint density at radius 3 is 2.03 bits per heavy atom. The first-order valence-corrected chi connectivity index (χ1v) is 11.8. The minimum Gasteiger partial charge on any atom is -0.772 e. The second-order valence-corrected chi connectivity index (χ2v) is 10.9. The summed E-state index contributed by atoms with van der Waals surface area (Å²) in [6, 6.07) is 19.4. The number of benzene rings is 2. The highest BCUT2D eigenvalue weighted by Crippen LogP contribution is 2.57.